The van der Waals surface area contributed by atoms with Crippen molar-refractivity contribution in [2.75, 3.05) is 0 Å². The van der Waals surface area contributed by atoms with Gasteiger partial charge in [0.05, 0.1) is 12.2 Å². The first-order valence-electron chi connectivity index (χ1n) is 9.13. The van der Waals surface area contributed by atoms with E-state index in [9.17, 15) is 0 Å². The third-order valence-corrected chi connectivity index (χ3v) is 5.54. The fraction of sp³-hybridized carbons (Fsp3) is 0.333. The maximum absolute atomic E-state index is 6.32. The van der Waals surface area contributed by atoms with Crippen LogP contribution in [0.5, 0.6) is 5.75 Å². The third-order valence-electron chi connectivity index (χ3n) is 5.54. The average molecular weight is 331 g/mol. The molecule has 4 nitrogen and oxygen atoms in total. The zero-order valence-corrected chi connectivity index (χ0v) is 14.1. The molecule has 3 aromatic rings. The second kappa shape index (κ2) is 6.03. The van der Waals surface area contributed by atoms with E-state index in [1.54, 1.807) is 0 Å². The zero-order valence-electron chi connectivity index (χ0n) is 14.1. The van der Waals surface area contributed by atoms with E-state index < -0.39 is 0 Å². The van der Waals surface area contributed by atoms with E-state index >= 15 is 0 Å². The summed E-state index contributed by atoms with van der Waals surface area (Å²) in [5.41, 5.74) is 3.27. The molecule has 2 aromatic carbocycles. The molecule has 0 unspecified atom stereocenters. The lowest BCUT2D eigenvalue weighted by atomic mass is 9.77. The highest BCUT2D eigenvalue weighted by molar-refractivity contribution is 5.57. The van der Waals surface area contributed by atoms with Crippen LogP contribution in [0.4, 0.5) is 0 Å². The Labute approximate surface area is 147 Å². The van der Waals surface area contributed by atoms with Gasteiger partial charge in [-0.15, -0.1) is 5.10 Å². The smallest absolute Gasteiger partial charge is 0.125 e. The van der Waals surface area contributed by atoms with Crippen LogP contribution in [-0.4, -0.2) is 21.1 Å². The molecule has 0 radical (unpaired) electrons. The third kappa shape index (κ3) is 2.53. The van der Waals surface area contributed by atoms with Gasteiger partial charge in [-0.2, -0.15) is 0 Å². The van der Waals surface area contributed by atoms with Gasteiger partial charge in [-0.1, -0.05) is 60.2 Å². The highest BCUT2D eigenvalue weighted by Crippen LogP contribution is 2.46. The Hall–Kier alpha value is -2.62. The minimum absolute atomic E-state index is 0.209. The molecule has 2 heterocycles. The lowest BCUT2D eigenvalue weighted by Gasteiger charge is -2.42. The molecule has 126 valence electrons. The summed E-state index contributed by atoms with van der Waals surface area (Å²) in [5.74, 6) is 1.47. The van der Waals surface area contributed by atoms with Crippen LogP contribution < -0.4 is 4.74 Å². The molecular weight excluding hydrogens is 310 g/mol. The second-order valence-corrected chi connectivity index (χ2v) is 7.04. The van der Waals surface area contributed by atoms with Crippen molar-refractivity contribution >= 4 is 0 Å². The van der Waals surface area contributed by atoms with Gasteiger partial charge in [0.2, 0.25) is 0 Å². The van der Waals surface area contributed by atoms with Crippen molar-refractivity contribution in [3.63, 3.8) is 0 Å². The summed E-state index contributed by atoms with van der Waals surface area (Å²) < 4.78 is 8.38. The molecule has 1 aliphatic heterocycles. The molecule has 0 bridgehead atoms. The predicted molar refractivity (Wildman–Crippen MR) is 96.4 cm³/mol. The van der Waals surface area contributed by atoms with Crippen LogP contribution in [0.15, 0.2) is 60.8 Å². The van der Waals surface area contributed by atoms with Gasteiger partial charge in [-0.25, -0.2) is 4.68 Å². The number of hydrogen-bond acceptors (Lipinski definition) is 3. The van der Waals surface area contributed by atoms with Gasteiger partial charge in [-0.3, -0.25) is 0 Å². The molecule has 1 fully saturated rings. The van der Waals surface area contributed by atoms with Crippen molar-refractivity contribution in [2.45, 2.75) is 37.8 Å². The van der Waals surface area contributed by atoms with E-state index in [-0.39, 0.29) is 12.1 Å². The number of rotatable bonds is 2. The maximum atomic E-state index is 6.32. The Morgan fingerprint density at radius 3 is 2.64 bits per heavy atom. The normalized spacial score (nSPS) is 24.9. The van der Waals surface area contributed by atoms with Crippen LogP contribution in [0.25, 0.3) is 11.3 Å². The van der Waals surface area contributed by atoms with E-state index in [1.807, 2.05) is 18.2 Å². The lowest BCUT2D eigenvalue weighted by Crippen LogP contribution is -2.41. The zero-order chi connectivity index (χ0) is 16.6. The summed E-state index contributed by atoms with van der Waals surface area (Å²) in [6.45, 7) is 0. The van der Waals surface area contributed by atoms with Crippen molar-refractivity contribution in [3.8, 4) is 17.0 Å². The highest BCUT2D eigenvalue weighted by Gasteiger charge is 2.41. The quantitative estimate of drug-likeness (QED) is 0.695. The first-order chi connectivity index (χ1) is 12.4. The van der Waals surface area contributed by atoms with Crippen molar-refractivity contribution in [2.24, 2.45) is 5.92 Å². The van der Waals surface area contributed by atoms with Crippen molar-refractivity contribution in [3.05, 3.63) is 66.4 Å². The fourth-order valence-electron chi connectivity index (χ4n) is 4.35. The van der Waals surface area contributed by atoms with Gasteiger partial charge < -0.3 is 4.74 Å². The van der Waals surface area contributed by atoms with Gasteiger partial charge in [0.15, 0.2) is 0 Å². The van der Waals surface area contributed by atoms with Crippen molar-refractivity contribution < 1.29 is 4.74 Å². The number of aromatic nitrogens is 3. The van der Waals surface area contributed by atoms with Crippen LogP contribution in [0, 0.1) is 5.92 Å². The molecule has 2 aliphatic rings. The van der Waals surface area contributed by atoms with Crippen LogP contribution in [-0.2, 0) is 0 Å². The predicted octanol–water partition coefficient (Wildman–Crippen LogP) is 4.49. The van der Waals surface area contributed by atoms with Crippen molar-refractivity contribution in [1.29, 1.82) is 0 Å². The number of hydrogen-bond donors (Lipinski definition) is 0. The first kappa shape index (κ1) is 14.7. The van der Waals surface area contributed by atoms with E-state index in [0.717, 1.165) is 23.4 Å². The molecule has 0 amide bonds. The summed E-state index contributed by atoms with van der Waals surface area (Å²) in [7, 11) is 0. The Kier molecular flexibility index (Phi) is 3.54. The lowest BCUT2D eigenvalue weighted by molar-refractivity contribution is 0.0445. The van der Waals surface area contributed by atoms with Crippen LogP contribution in [0.1, 0.15) is 37.3 Å². The van der Waals surface area contributed by atoms with Gasteiger partial charge in [0.25, 0.3) is 0 Å². The van der Waals surface area contributed by atoms with Gasteiger partial charge in [0, 0.05) is 17.0 Å². The molecule has 0 N–H and O–H groups in total. The standard InChI is InChI=1S/C21H21N3O/c1-2-8-15(9-3-1)18-14-24(23-22-18)21-16-10-4-6-12-19(16)25-20-13-7-5-11-17(20)21/h1-4,6,8-10,12,14,17,20-21H,5,7,11,13H2/t17-,20+,21+/m1/s1. The minimum Gasteiger partial charge on any atom is -0.490 e. The first-order valence-corrected chi connectivity index (χ1v) is 9.13. The molecule has 0 spiro atoms. The Bertz CT molecular complexity index is 874. The summed E-state index contributed by atoms with van der Waals surface area (Å²) in [6, 6.07) is 18.9. The molecule has 4 heteroatoms. The molecule has 0 saturated heterocycles. The van der Waals surface area contributed by atoms with E-state index in [0.29, 0.717) is 5.92 Å². The van der Waals surface area contributed by atoms with Gasteiger partial charge >= 0.3 is 0 Å². The minimum atomic E-state index is 0.209. The Morgan fingerprint density at radius 1 is 0.920 bits per heavy atom. The molecule has 25 heavy (non-hydrogen) atoms. The number of nitrogens with zero attached hydrogens (tertiary/aromatic N) is 3. The fourth-order valence-corrected chi connectivity index (χ4v) is 4.35. The molecule has 1 aliphatic carbocycles. The number of benzene rings is 2. The Balaban J connectivity index is 1.58. The molecule has 1 aromatic heterocycles. The summed E-state index contributed by atoms with van der Waals surface area (Å²) in [6.07, 6.45) is 7.22. The van der Waals surface area contributed by atoms with Crippen LogP contribution >= 0.6 is 0 Å². The largest absolute Gasteiger partial charge is 0.490 e. The highest BCUT2D eigenvalue weighted by atomic mass is 16.5. The number of para-hydroxylation sites is 1. The summed E-state index contributed by atoms with van der Waals surface area (Å²) in [4.78, 5) is 0. The van der Waals surface area contributed by atoms with Crippen LogP contribution in [0.2, 0.25) is 0 Å². The molecule has 5 rings (SSSR count). The average Bonchev–Trinajstić information content (AvgIpc) is 3.16. The van der Waals surface area contributed by atoms with E-state index in [2.05, 4.69) is 57.6 Å². The number of fused-ring (bicyclic) bond motifs is 2. The molecule has 1 saturated carbocycles. The second-order valence-electron chi connectivity index (χ2n) is 7.04. The van der Waals surface area contributed by atoms with E-state index in [4.69, 9.17) is 4.74 Å². The summed E-state index contributed by atoms with van der Waals surface area (Å²) in [5, 5.41) is 8.96. The van der Waals surface area contributed by atoms with Gasteiger partial charge in [0.1, 0.15) is 17.5 Å². The van der Waals surface area contributed by atoms with E-state index in [1.165, 1.54) is 24.8 Å². The topological polar surface area (TPSA) is 39.9 Å². The summed E-state index contributed by atoms with van der Waals surface area (Å²) >= 11 is 0. The monoisotopic (exact) mass is 331 g/mol. The Morgan fingerprint density at radius 2 is 1.72 bits per heavy atom. The maximum Gasteiger partial charge on any atom is 0.125 e. The van der Waals surface area contributed by atoms with Crippen LogP contribution in [0.3, 0.4) is 0 Å². The molecular formula is C21H21N3O. The number of ether oxygens (including phenoxy) is 1. The SMILES string of the molecule is c1ccc(-c2cn([C@H]3c4ccccc4O[C@H]4CCCC[C@H]43)nn2)cc1. The molecule has 3 atom stereocenters. The van der Waals surface area contributed by atoms with Crippen molar-refractivity contribution in [1.82, 2.24) is 15.0 Å². The van der Waals surface area contributed by atoms with Gasteiger partial charge in [-0.05, 0) is 25.3 Å².